The molecule has 2 N–H and O–H groups in total. The summed E-state index contributed by atoms with van der Waals surface area (Å²) in [6, 6.07) is 0. The van der Waals surface area contributed by atoms with Crippen molar-refractivity contribution in [3.05, 3.63) is 16.1 Å². The fourth-order valence-electron chi connectivity index (χ4n) is 2.10. The number of thiazole rings is 1. The Bertz CT molecular complexity index is 399. The lowest BCUT2D eigenvalue weighted by atomic mass is 10.2. The van der Waals surface area contributed by atoms with Crippen LogP contribution in [-0.2, 0) is 17.8 Å². The van der Waals surface area contributed by atoms with E-state index in [4.69, 9.17) is 5.73 Å². The number of amides is 1. The number of piperazine rings is 1. The van der Waals surface area contributed by atoms with Crippen molar-refractivity contribution in [3.8, 4) is 0 Å². The third-order valence-corrected chi connectivity index (χ3v) is 4.20. The van der Waals surface area contributed by atoms with Crippen LogP contribution in [0.1, 0.15) is 17.6 Å². The number of carbonyl (C=O) groups is 1. The number of carbonyl (C=O) groups excluding carboxylic acids is 1. The lowest BCUT2D eigenvalue weighted by Gasteiger charge is -2.34. The van der Waals surface area contributed by atoms with Gasteiger partial charge in [-0.15, -0.1) is 11.3 Å². The average Bonchev–Trinajstić information content (AvgIpc) is 2.86. The lowest BCUT2D eigenvalue weighted by Crippen LogP contribution is -2.48. The SMILES string of the molecule is CCN1CCN(C(=O)Cc2csc(CN)n2)CC1. The van der Waals surface area contributed by atoms with Crippen molar-refractivity contribution in [2.45, 2.75) is 19.9 Å². The molecule has 0 unspecified atom stereocenters. The van der Waals surface area contributed by atoms with Gasteiger partial charge < -0.3 is 15.5 Å². The second-order valence-corrected chi connectivity index (χ2v) is 5.37. The van der Waals surface area contributed by atoms with E-state index in [0.717, 1.165) is 43.4 Å². The maximum Gasteiger partial charge on any atom is 0.228 e. The zero-order valence-corrected chi connectivity index (χ0v) is 11.6. The highest BCUT2D eigenvalue weighted by molar-refractivity contribution is 7.09. The molecular formula is C12H20N4OS. The molecular weight excluding hydrogens is 248 g/mol. The molecule has 2 rings (SSSR count). The smallest absolute Gasteiger partial charge is 0.228 e. The number of nitrogens with two attached hydrogens (primary N) is 1. The van der Waals surface area contributed by atoms with Gasteiger partial charge in [0, 0.05) is 38.1 Å². The number of aromatic nitrogens is 1. The van der Waals surface area contributed by atoms with Gasteiger partial charge in [0.25, 0.3) is 0 Å². The summed E-state index contributed by atoms with van der Waals surface area (Å²) < 4.78 is 0. The van der Waals surface area contributed by atoms with Crippen molar-refractivity contribution in [3.63, 3.8) is 0 Å². The van der Waals surface area contributed by atoms with Crippen LogP contribution >= 0.6 is 11.3 Å². The summed E-state index contributed by atoms with van der Waals surface area (Å²) in [6.07, 6.45) is 0.405. The maximum absolute atomic E-state index is 12.1. The molecule has 100 valence electrons. The third kappa shape index (κ3) is 3.28. The summed E-state index contributed by atoms with van der Waals surface area (Å²) in [5.74, 6) is 0.180. The molecule has 1 saturated heterocycles. The predicted molar refractivity (Wildman–Crippen MR) is 72.4 cm³/mol. The Morgan fingerprint density at radius 2 is 2.17 bits per heavy atom. The Balaban J connectivity index is 1.85. The molecule has 18 heavy (non-hydrogen) atoms. The van der Waals surface area contributed by atoms with Crippen molar-refractivity contribution < 1.29 is 4.79 Å². The summed E-state index contributed by atoms with van der Waals surface area (Å²) in [7, 11) is 0. The van der Waals surface area contributed by atoms with Gasteiger partial charge in [0.15, 0.2) is 0 Å². The molecule has 0 aromatic carbocycles. The van der Waals surface area contributed by atoms with Crippen LogP contribution in [0.3, 0.4) is 0 Å². The Morgan fingerprint density at radius 3 is 2.72 bits per heavy atom. The Kier molecular flexibility index (Phi) is 4.68. The summed E-state index contributed by atoms with van der Waals surface area (Å²) in [4.78, 5) is 20.7. The van der Waals surface area contributed by atoms with Gasteiger partial charge in [0.1, 0.15) is 5.01 Å². The van der Waals surface area contributed by atoms with Crippen LogP contribution in [-0.4, -0.2) is 53.4 Å². The van der Waals surface area contributed by atoms with Crippen LogP contribution in [0.15, 0.2) is 5.38 Å². The number of likely N-dealkylation sites (N-methyl/N-ethyl adjacent to an activating group) is 1. The van der Waals surface area contributed by atoms with Crippen LogP contribution in [0, 0.1) is 0 Å². The standard InChI is InChI=1S/C12H20N4OS/c1-2-15-3-5-16(6-4-15)12(17)7-10-9-18-11(8-13)14-10/h9H,2-8,13H2,1H3. The first kappa shape index (κ1) is 13.5. The second kappa shape index (κ2) is 6.26. The first-order valence-electron chi connectivity index (χ1n) is 6.36. The lowest BCUT2D eigenvalue weighted by molar-refractivity contribution is -0.132. The first-order valence-corrected chi connectivity index (χ1v) is 7.24. The van der Waals surface area contributed by atoms with Gasteiger partial charge in [-0.2, -0.15) is 0 Å². The van der Waals surface area contributed by atoms with E-state index in [1.807, 2.05) is 10.3 Å². The van der Waals surface area contributed by atoms with Gasteiger partial charge in [0.05, 0.1) is 12.1 Å². The highest BCUT2D eigenvalue weighted by Gasteiger charge is 2.20. The minimum absolute atomic E-state index is 0.180. The first-order chi connectivity index (χ1) is 8.72. The second-order valence-electron chi connectivity index (χ2n) is 4.43. The van der Waals surface area contributed by atoms with Crippen molar-refractivity contribution in [1.29, 1.82) is 0 Å². The molecule has 0 spiro atoms. The predicted octanol–water partition coefficient (Wildman–Crippen LogP) is 0.308. The van der Waals surface area contributed by atoms with Crippen molar-refractivity contribution in [2.24, 2.45) is 5.73 Å². The minimum Gasteiger partial charge on any atom is -0.340 e. The Labute approximate surface area is 112 Å². The summed E-state index contributed by atoms with van der Waals surface area (Å²) in [5, 5.41) is 2.83. The molecule has 1 amide bonds. The van der Waals surface area contributed by atoms with Crippen LogP contribution in [0.5, 0.6) is 0 Å². The fraction of sp³-hybridized carbons (Fsp3) is 0.667. The Hall–Kier alpha value is -0.980. The molecule has 0 atom stereocenters. The van der Waals surface area contributed by atoms with Gasteiger partial charge in [-0.05, 0) is 6.54 Å². The fourth-order valence-corrected chi connectivity index (χ4v) is 2.78. The van der Waals surface area contributed by atoms with Gasteiger partial charge in [-0.25, -0.2) is 4.98 Å². The van der Waals surface area contributed by atoms with Crippen LogP contribution in [0.25, 0.3) is 0 Å². The quantitative estimate of drug-likeness (QED) is 0.853. The number of hydrogen-bond donors (Lipinski definition) is 1. The topological polar surface area (TPSA) is 62.5 Å². The molecule has 0 radical (unpaired) electrons. The number of hydrogen-bond acceptors (Lipinski definition) is 5. The van der Waals surface area contributed by atoms with Gasteiger partial charge in [-0.1, -0.05) is 6.92 Å². The average molecular weight is 268 g/mol. The summed E-state index contributed by atoms with van der Waals surface area (Å²) in [5.41, 5.74) is 6.36. The molecule has 2 heterocycles. The van der Waals surface area contributed by atoms with E-state index < -0.39 is 0 Å². The van der Waals surface area contributed by atoms with E-state index in [0.29, 0.717) is 13.0 Å². The zero-order chi connectivity index (χ0) is 13.0. The number of nitrogens with zero attached hydrogens (tertiary/aromatic N) is 3. The molecule has 1 aromatic rings. The van der Waals surface area contributed by atoms with Gasteiger partial charge >= 0.3 is 0 Å². The molecule has 0 aliphatic carbocycles. The summed E-state index contributed by atoms with van der Waals surface area (Å²) >= 11 is 1.53. The highest BCUT2D eigenvalue weighted by atomic mass is 32.1. The van der Waals surface area contributed by atoms with Gasteiger partial charge in [-0.3, -0.25) is 4.79 Å². The summed E-state index contributed by atoms with van der Waals surface area (Å²) in [6.45, 7) is 7.30. The van der Waals surface area contributed by atoms with E-state index in [-0.39, 0.29) is 5.91 Å². The molecule has 0 bridgehead atoms. The van der Waals surface area contributed by atoms with Crippen LogP contribution < -0.4 is 5.73 Å². The molecule has 6 heteroatoms. The van der Waals surface area contributed by atoms with E-state index in [1.165, 1.54) is 11.3 Å². The van der Waals surface area contributed by atoms with Crippen LogP contribution in [0.2, 0.25) is 0 Å². The Morgan fingerprint density at radius 1 is 1.44 bits per heavy atom. The van der Waals surface area contributed by atoms with Crippen molar-refractivity contribution >= 4 is 17.2 Å². The monoisotopic (exact) mass is 268 g/mol. The van der Waals surface area contributed by atoms with Crippen LogP contribution in [0.4, 0.5) is 0 Å². The van der Waals surface area contributed by atoms with Gasteiger partial charge in [0.2, 0.25) is 5.91 Å². The molecule has 1 aliphatic heterocycles. The molecule has 5 nitrogen and oxygen atoms in total. The number of rotatable bonds is 4. The van der Waals surface area contributed by atoms with E-state index >= 15 is 0 Å². The van der Waals surface area contributed by atoms with E-state index in [2.05, 4.69) is 16.8 Å². The largest absolute Gasteiger partial charge is 0.340 e. The molecule has 1 aliphatic rings. The van der Waals surface area contributed by atoms with E-state index in [1.54, 1.807) is 0 Å². The normalized spacial score (nSPS) is 17.1. The minimum atomic E-state index is 0.180. The third-order valence-electron chi connectivity index (χ3n) is 3.28. The maximum atomic E-state index is 12.1. The zero-order valence-electron chi connectivity index (χ0n) is 10.8. The molecule has 0 saturated carbocycles. The van der Waals surface area contributed by atoms with Crippen molar-refractivity contribution in [1.82, 2.24) is 14.8 Å². The molecule has 1 fully saturated rings. The highest BCUT2D eigenvalue weighted by Crippen LogP contribution is 2.11. The van der Waals surface area contributed by atoms with E-state index in [9.17, 15) is 4.79 Å². The molecule has 1 aromatic heterocycles. The van der Waals surface area contributed by atoms with Crippen molar-refractivity contribution in [2.75, 3.05) is 32.7 Å².